The fraction of sp³-hybridized carbons (Fsp3) is 0.300. The molecule has 2 aromatic rings. The summed E-state index contributed by atoms with van der Waals surface area (Å²) in [5.74, 6) is -0.0531. The first-order chi connectivity index (χ1) is 13.3. The Labute approximate surface area is 173 Å². The first-order valence-electron chi connectivity index (χ1n) is 8.90. The third kappa shape index (κ3) is 4.11. The lowest BCUT2D eigenvalue weighted by Crippen LogP contribution is -2.37. The van der Waals surface area contributed by atoms with Crippen LogP contribution in [0, 0.1) is 6.92 Å². The molecule has 2 heterocycles. The van der Waals surface area contributed by atoms with Crippen LogP contribution in [0.15, 0.2) is 53.5 Å². The summed E-state index contributed by atoms with van der Waals surface area (Å²) >= 11 is 7.28. The predicted molar refractivity (Wildman–Crippen MR) is 115 cm³/mol. The average Bonchev–Trinajstić information content (AvgIpc) is 3.09. The van der Waals surface area contributed by atoms with Gasteiger partial charge >= 0.3 is 0 Å². The minimum atomic E-state index is -3.07. The zero-order valence-electron chi connectivity index (χ0n) is 15.2. The number of anilines is 1. The lowest BCUT2D eigenvalue weighted by Gasteiger charge is -2.24. The fourth-order valence-corrected chi connectivity index (χ4v) is 7.55. The molecule has 2 saturated heterocycles. The van der Waals surface area contributed by atoms with Crippen LogP contribution in [0.25, 0.3) is 0 Å². The molecule has 0 aromatic heterocycles. The molecular formula is C20H19ClN2O3S2. The number of fused-ring (bicyclic) bond motifs is 1. The van der Waals surface area contributed by atoms with Gasteiger partial charge in [0.05, 0.1) is 24.0 Å². The number of carbonyl (C=O) groups excluding carboxylic acids is 1. The normalized spacial score (nSPS) is 24.5. The van der Waals surface area contributed by atoms with Gasteiger partial charge in [-0.05, 0) is 36.8 Å². The number of hydrogen-bond acceptors (Lipinski definition) is 4. The van der Waals surface area contributed by atoms with E-state index >= 15 is 0 Å². The van der Waals surface area contributed by atoms with Gasteiger partial charge in [0.2, 0.25) is 0 Å². The van der Waals surface area contributed by atoms with Gasteiger partial charge < -0.3 is 4.90 Å². The van der Waals surface area contributed by atoms with Gasteiger partial charge in [0.1, 0.15) is 0 Å². The summed E-state index contributed by atoms with van der Waals surface area (Å²) in [5.41, 5.74) is 2.82. The Morgan fingerprint density at radius 1 is 1.14 bits per heavy atom. The Morgan fingerprint density at radius 3 is 2.50 bits per heavy atom. The van der Waals surface area contributed by atoms with Crippen molar-refractivity contribution in [3.05, 3.63) is 64.7 Å². The van der Waals surface area contributed by atoms with Gasteiger partial charge in [-0.25, -0.2) is 8.42 Å². The highest BCUT2D eigenvalue weighted by molar-refractivity contribution is 8.16. The Morgan fingerprint density at radius 2 is 1.82 bits per heavy atom. The van der Waals surface area contributed by atoms with E-state index in [-0.39, 0.29) is 35.1 Å². The van der Waals surface area contributed by atoms with Crippen molar-refractivity contribution < 1.29 is 13.2 Å². The fourth-order valence-electron chi connectivity index (χ4n) is 3.49. The molecule has 8 heteroatoms. The number of amidine groups is 1. The van der Waals surface area contributed by atoms with Crippen molar-refractivity contribution in [2.45, 2.75) is 24.6 Å². The molecule has 0 radical (unpaired) electrons. The van der Waals surface area contributed by atoms with Gasteiger partial charge in [0.25, 0.3) is 5.91 Å². The van der Waals surface area contributed by atoms with E-state index in [0.717, 1.165) is 16.8 Å². The molecule has 146 valence electrons. The topological polar surface area (TPSA) is 66.8 Å². The number of carbonyl (C=O) groups is 1. The van der Waals surface area contributed by atoms with E-state index in [0.29, 0.717) is 10.2 Å². The molecule has 2 fully saturated rings. The number of aryl methyl sites for hydroxylation is 1. The SMILES string of the molecule is Cc1ccc(N2C(=NC(=O)Cc3ccc(Cl)cc3)S[C@H]3CS(=O)(=O)C[C@@H]32)cc1. The number of aliphatic imine (C=N–C) groups is 1. The molecule has 0 spiro atoms. The number of benzene rings is 2. The number of rotatable bonds is 3. The molecule has 2 aliphatic heterocycles. The number of hydrogen-bond donors (Lipinski definition) is 0. The quantitative estimate of drug-likeness (QED) is 0.739. The zero-order valence-corrected chi connectivity index (χ0v) is 17.6. The lowest BCUT2D eigenvalue weighted by atomic mass is 10.1. The van der Waals surface area contributed by atoms with Crippen molar-refractivity contribution in [3.8, 4) is 0 Å². The summed E-state index contributed by atoms with van der Waals surface area (Å²) in [5, 5.41) is 1.09. The third-order valence-corrected chi connectivity index (χ3v) is 8.33. The summed E-state index contributed by atoms with van der Waals surface area (Å²) in [4.78, 5) is 18.8. The number of halogens is 1. The van der Waals surface area contributed by atoms with Crippen LogP contribution in [0.5, 0.6) is 0 Å². The number of thioether (sulfide) groups is 1. The summed E-state index contributed by atoms with van der Waals surface area (Å²) in [7, 11) is -3.07. The summed E-state index contributed by atoms with van der Waals surface area (Å²) in [6.45, 7) is 2.00. The molecule has 2 atom stereocenters. The van der Waals surface area contributed by atoms with Crippen LogP contribution in [0.4, 0.5) is 5.69 Å². The lowest BCUT2D eigenvalue weighted by molar-refractivity contribution is -0.117. The molecule has 2 aromatic carbocycles. The first kappa shape index (κ1) is 19.5. The molecule has 0 unspecified atom stereocenters. The number of amides is 1. The van der Waals surface area contributed by atoms with E-state index in [9.17, 15) is 13.2 Å². The molecule has 0 bridgehead atoms. The second kappa shape index (κ2) is 7.54. The molecule has 0 N–H and O–H groups in total. The van der Waals surface area contributed by atoms with Crippen molar-refractivity contribution >= 4 is 50.0 Å². The van der Waals surface area contributed by atoms with Gasteiger partial charge in [-0.15, -0.1) is 0 Å². The van der Waals surface area contributed by atoms with E-state index in [2.05, 4.69) is 4.99 Å². The molecular weight excluding hydrogens is 416 g/mol. The van der Waals surface area contributed by atoms with Crippen LogP contribution in [0.1, 0.15) is 11.1 Å². The summed E-state index contributed by atoms with van der Waals surface area (Å²) in [6.07, 6.45) is 0.177. The number of sulfone groups is 1. The molecule has 5 nitrogen and oxygen atoms in total. The van der Waals surface area contributed by atoms with Gasteiger partial charge in [0.15, 0.2) is 15.0 Å². The highest BCUT2D eigenvalue weighted by atomic mass is 35.5. The summed E-state index contributed by atoms with van der Waals surface area (Å²) in [6, 6.07) is 14.8. The predicted octanol–water partition coefficient (Wildman–Crippen LogP) is 3.49. The zero-order chi connectivity index (χ0) is 19.9. The standard InChI is InChI=1S/C20H19ClN2O3S2/c1-13-2-8-16(9-3-13)23-17-11-28(25,26)12-18(17)27-20(23)22-19(24)10-14-4-6-15(21)7-5-14/h2-9,17-18H,10-12H2,1H3/t17-,18-/m0/s1. The van der Waals surface area contributed by atoms with Crippen molar-refractivity contribution in [1.29, 1.82) is 0 Å². The Balaban J connectivity index is 1.62. The minimum Gasteiger partial charge on any atom is -0.316 e. The van der Waals surface area contributed by atoms with E-state index in [4.69, 9.17) is 11.6 Å². The molecule has 0 aliphatic carbocycles. The van der Waals surface area contributed by atoms with Gasteiger partial charge in [-0.2, -0.15) is 4.99 Å². The van der Waals surface area contributed by atoms with Gasteiger partial charge in [-0.3, -0.25) is 4.79 Å². The number of nitrogens with zero attached hydrogens (tertiary/aromatic N) is 2. The highest BCUT2D eigenvalue weighted by Crippen LogP contribution is 2.41. The van der Waals surface area contributed by atoms with Crippen molar-refractivity contribution in [1.82, 2.24) is 0 Å². The van der Waals surface area contributed by atoms with E-state index in [1.807, 2.05) is 36.1 Å². The minimum absolute atomic E-state index is 0.0862. The van der Waals surface area contributed by atoms with Gasteiger partial charge in [-0.1, -0.05) is 53.2 Å². The smallest absolute Gasteiger partial charge is 0.252 e. The maximum Gasteiger partial charge on any atom is 0.252 e. The van der Waals surface area contributed by atoms with Crippen LogP contribution < -0.4 is 4.90 Å². The Hall–Kier alpha value is -1.83. The van der Waals surface area contributed by atoms with Crippen LogP contribution in [-0.2, 0) is 21.1 Å². The van der Waals surface area contributed by atoms with Crippen LogP contribution >= 0.6 is 23.4 Å². The van der Waals surface area contributed by atoms with Crippen molar-refractivity contribution in [3.63, 3.8) is 0 Å². The Bertz CT molecular complexity index is 1030. The maximum atomic E-state index is 12.6. The van der Waals surface area contributed by atoms with E-state index < -0.39 is 9.84 Å². The van der Waals surface area contributed by atoms with Crippen molar-refractivity contribution in [2.75, 3.05) is 16.4 Å². The van der Waals surface area contributed by atoms with Crippen LogP contribution in [-0.4, -0.2) is 42.3 Å². The van der Waals surface area contributed by atoms with E-state index in [1.165, 1.54) is 11.8 Å². The van der Waals surface area contributed by atoms with E-state index in [1.54, 1.807) is 24.3 Å². The molecule has 28 heavy (non-hydrogen) atoms. The molecule has 0 saturated carbocycles. The molecule has 2 aliphatic rings. The average molecular weight is 435 g/mol. The first-order valence-corrected chi connectivity index (χ1v) is 12.0. The summed E-state index contributed by atoms with van der Waals surface area (Å²) < 4.78 is 24.2. The Kier molecular flexibility index (Phi) is 5.24. The second-order valence-electron chi connectivity index (χ2n) is 7.10. The second-order valence-corrected chi connectivity index (χ2v) is 10.9. The molecule has 4 rings (SSSR count). The largest absolute Gasteiger partial charge is 0.316 e. The maximum absolute atomic E-state index is 12.6. The van der Waals surface area contributed by atoms with Gasteiger partial charge in [0, 0.05) is 16.0 Å². The monoisotopic (exact) mass is 434 g/mol. The third-order valence-electron chi connectivity index (χ3n) is 4.87. The van der Waals surface area contributed by atoms with Crippen molar-refractivity contribution in [2.24, 2.45) is 4.99 Å². The van der Waals surface area contributed by atoms with Crippen LogP contribution in [0.2, 0.25) is 5.02 Å². The van der Waals surface area contributed by atoms with Crippen LogP contribution in [0.3, 0.4) is 0 Å². The highest BCUT2D eigenvalue weighted by Gasteiger charge is 2.49. The molecule has 1 amide bonds.